The predicted octanol–water partition coefficient (Wildman–Crippen LogP) is 7.42. The third kappa shape index (κ3) is 11.4. The summed E-state index contributed by atoms with van der Waals surface area (Å²) in [4.78, 5) is 74.3. The van der Waals surface area contributed by atoms with Crippen LogP contribution < -0.4 is 47.4 Å². The molecule has 0 amide bonds. The minimum Gasteiger partial charge on any atom is -0.490 e. The summed E-state index contributed by atoms with van der Waals surface area (Å²) in [6.45, 7) is 6.42. The second kappa shape index (κ2) is 20.0. The molecule has 5 aromatic rings. The van der Waals surface area contributed by atoms with Crippen molar-refractivity contribution in [3.05, 3.63) is 145 Å². The van der Waals surface area contributed by atoms with E-state index in [0.717, 1.165) is 60.7 Å². The monoisotopic (exact) mass is 946 g/mol. The Bertz CT molecular complexity index is 2600. The molecular formula is C46H30F4O18. The van der Waals surface area contributed by atoms with Crippen molar-refractivity contribution in [1.29, 1.82) is 0 Å². The number of hydrogen-bond donors (Lipinski definition) is 0. The fourth-order valence-electron chi connectivity index (χ4n) is 5.75. The van der Waals surface area contributed by atoms with E-state index in [-0.39, 0.29) is 48.7 Å². The normalized spacial score (nSPS) is 13.2. The molecule has 0 fully saturated rings. The minimum absolute atomic E-state index is 0.000967. The van der Waals surface area contributed by atoms with E-state index in [0.29, 0.717) is 11.5 Å². The first kappa shape index (κ1) is 46.9. The van der Waals surface area contributed by atoms with Gasteiger partial charge in [0.2, 0.25) is 23.0 Å². The van der Waals surface area contributed by atoms with Crippen molar-refractivity contribution in [3.8, 4) is 57.5 Å². The summed E-state index contributed by atoms with van der Waals surface area (Å²) in [7, 11) is 0. The maximum atomic E-state index is 14.3. The van der Waals surface area contributed by atoms with E-state index in [4.69, 9.17) is 37.9 Å². The number of halogens is 4. The topological polar surface area (TPSA) is 213 Å². The second-order valence-corrected chi connectivity index (χ2v) is 13.4. The van der Waals surface area contributed by atoms with Crippen molar-refractivity contribution >= 4 is 35.8 Å². The van der Waals surface area contributed by atoms with E-state index in [1.54, 1.807) is 0 Å². The van der Waals surface area contributed by atoms with Crippen LogP contribution in [0.15, 0.2) is 122 Å². The lowest BCUT2D eigenvalue weighted by atomic mass is 10.1. The van der Waals surface area contributed by atoms with Crippen LogP contribution in [0.1, 0.15) is 41.4 Å². The Kier molecular flexibility index (Phi) is 13.8. The average Bonchev–Trinajstić information content (AvgIpc) is 3.85. The molecule has 0 bridgehead atoms. The van der Waals surface area contributed by atoms with Crippen molar-refractivity contribution in [2.45, 2.75) is 12.6 Å². The highest BCUT2D eigenvalue weighted by Crippen LogP contribution is 2.54. The minimum atomic E-state index is -4.26. The van der Waals surface area contributed by atoms with Crippen LogP contribution in [-0.4, -0.2) is 74.8 Å². The van der Waals surface area contributed by atoms with Gasteiger partial charge in [-0.05, 0) is 97.1 Å². The van der Waals surface area contributed by atoms with Crippen LogP contribution in [0.25, 0.3) is 0 Å². The van der Waals surface area contributed by atoms with E-state index in [1.165, 1.54) is 48.5 Å². The molecule has 68 heavy (non-hydrogen) atoms. The molecule has 0 aromatic heterocycles. The number of carbonyl (C=O) groups excluding carboxylic acids is 6. The maximum absolute atomic E-state index is 14.3. The molecule has 5 aromatic carbocycles. The van der Waals surface area contributed by atoms with Gasteiger partial charge in [0.05, 0.1) is 22.3 Å². The summed E-state index contributed by atoms with van der Waals surface area (Å²) in [5.41, 5.74) is -0.505. The van der Waals surface area contributed by atoms with Crippen LogP contribution in [0.5, 0.6) is 57.5 Å². The third-order valence-electron chi connectivity index (χ3n) is 8.84. The Balaban J connectivity index is 0.966. The molecule has 2 aliphatic heterocycles. The van der Waals surface area contributed by atoms with Gasteiger partial charge < -0.3 is 56.8 Å². The van der Waals surface area contributed by atoms with E-state index in [9.17, 15) is 46.3 Å². The van der Waals surface area contributed by atoms with Gasteiger partial charge in [-0.15, -0.1) is 17.6 Å². The van der Waals surface area contributed by atoms with Crippen molar-refractivity contribution in [3.63, 3.8) is 0 Å². The molecule has 7 rings (SSSR count). The lowest BCUT2D eigenvalue weighted by molar-refractivity contribution is -0.288. The molecule has 2 heterocycles. The lowest BCUT2D eigenvalue weighted by Crippen LogP contribution is -2.26. The van der Waals surface area contributed by atoms with E-state index >= 15 is 0 Å². The number of alkyl halides is 4. The number of carbonyl (C=O) groups is 6. The fourth-order valence-corrected chi connectivity index (χ4v) is 5.75. The van der Waals surface area contributed by atoms with Crippen molar-refractivity contribution in [2.75, 3.05) is 26.4 Å². The summed E-state index contributed by atoms with van der Waals surface area (Å²) in [6.07, 6.45) is -6.54. The Morgan fingerprint density at radius 2 is 0.662 bits per heavy atom. The Morgan fingerprint density at radius 3 is 0.912 bits per heavy atom. The second-order valence-electron chi connectivity index (χ2n) is 13.4. The molecule has 18 nitrogen and oxygen atoms in total. The number of hydrogen-bond acceptors (Lipinski definition) is 18. The van der Waals surface area contributed by atoms with Crippen LogP contribution in [0.4, 0.5) is 17.6 Å². The van der Waals surface area contributed by atoms with Crippen LogP contribution in [0.3, 0.4) is 0 Å². The zero-order valence-electron chi connectivity index (χ0n) is 34.5. The zero-order chi connectivity index (χ0) is 48.6. The molecule has 0 saturated carbocycles. The van der Waals surface area contributed by atoms with E-state index in [1.807, 2.05) is 0 Å². The highest BCUT2D eigenvalue weighted by atomic mass is 19.3. The van der Waals surface area contributed by atoms with Crippen LogP contribution in [0.2, 0.25) is 0 Å². The van der Waals surface area contributed by atoms with Gasteiger partial charge in [-0.2, -0.15) is 0 Å². The number of esters is 6. The summed E-state index contributed by atoms with van der Waals surface area (Å²) >= 11 is 0. The Labute approximate surface area is 379 Å². The van der Waals surface area contributed by atoms with Crippen LogP contribution in [-0.2, 0) is 19.1 Å². The standard InChI is InChI=1S/C46H30F4O18/c1-3-35(51)59-23-21-57-29-13-9-27(10-14-29)43(55)63-33-19-17-31(37-39(33)67-45(47,48)65-37)61-41(53)25-5-7-26(8-6-25)42(54)62-32-18-20-34(40-38(32)66-46(49,50)68-40)64-44(56)28-11-15-30(16-12-28)58-22-24-60-36(52)4-2/h3-20H,1-2,21-24H2. The smallest absolute Gasteiger partial charge is 0.490 e. The molecule has 350 valence electrons. The van der Waals surface area contributed by atoms with Gasteiger partial charge in [0.1, 0.15) is 37.9 Å². The summed E-state index contributed by atoms with van der Waals surface area (Å²) in [6, 6.07) is 19.3. The fraction of sp³-hybridized carbons (Fsp3) is 0.130. The molecule has 0 aliphatic carbocycles. The molecule has 0 spiro atoms. The molecule has 0 N–H and O–H groups in total. The molecular weight excluding hydrogens is 916 g/mol. The highest BCUT2D eigenvalue weighted by molar-refractivity contribution is 5.96. The largest absolute Gasteiger partial charge is 0.586 e. The van der Waals surface area contributed by atoms with Gasteiger partial charge in [0.25, 0.3) is 0 Å². The first-order chi connectivity index (χ1) is 32.5. The van der Waals surface area contributed by atoms with Gasteiger partial charge in [-0.25, -0.2) is 28.8 Å². The molecule has 0 unspecified atom stereocenters. The van der Waals surface area contributed by atoms with Crippen molar-refractivity contribution in [1.82, 2.24) is 0 Å². The van der Waals surface area contributed by atoms with Gasteiger partial charge in [-0.1, -0.05) is 13.2 Å². The van der Waals surface area contributed by atoms with Crippen LogP contribution >= 0.6 is 0 Å². The first-order valence-corrected chi connectivity index (χ1v) is 19.4. The predicted molar refractivity (Wildman–Crippen MR) is 218 cm³/mol. The van der Waals surface area contributed by atoms with Gasteiger partial charge >= 0.3 is 48.4 Å². The van der Waals surface area contributed by atoms with E-state index < -0.39 is 94.4 Å². The summed E-state index contributed by atoms with van der Waals surface area (Å²) in [5.74, 6) is -10.2. The van der Waals surface area contributed by atoms with Crippen molar-refractivity contribution < 1.29 is 103 Å². The SMILES string of the molecule is C=CC(=O)OCCOc1ccc(C(=O)Oc2ccc(OC(=O)c3ccc(C(=O)Oc4ccc(OC(=O)c5ccc(OCCOC(=O)C=C)cc5)c5c4OC(F)(F)O5)cc3)c3c2OC(F)(F)O3)cc1. The van der Waals surface area contributed by atoms with Crippen molar-refractivity contribution in [2.24, 2.45) is 0 Å². The first-order valence-electron chi connectivity index (χ1n) is 19.4. The van der Waals surface area contributed by atoms with E-state index in [2.05, 4.69) is 32.1 Å². The summed E-state index contributed by atoms with van der Waals surface area (Å²) < 4.78 is 117. The average molecular weight is 947 g/mol. The number of rotatable bonds is 18. The lowest BCUT2D eigenvalue weighted by Gasteiger charge is -2.11. The zero-order valence-corrected chi connectivity index (χ0v) is 34.5. The quantitative estimate of drug-likeness (QED) is 0.0275. The van der Waals surface area contributed by atoms with Gasteiger partial charge in [-0.3, -0.25) is 0 Å². The van der Waals surface area contributed by atoms with Gasteiger partial charge in [0, 0.05) is 12.2 Å². The molecule has 2 aliphatic rings. The molecule has 0 atom stereocenters. The summed E-state index contributed by atoms with van der Waals surface area (Å²) in [5, 5.41) is 0. The number of ether oxygens (including phenoxy) is 12. The highest BCUT2D eigenvalue weighted by Gasteiger charge is 2.49. The Hall–Kier alpha value is -9.08. The maximum Gasteiger partial charge on any atom is 0.586 e. The molecule has 0 radical (unpaired) electrons. The molecule has 22 heteroatoms. The van der Waals surface area contributed by atoms with Gasteiger partial charge in [0.15, 0.2) is 23.0 Å². The Morgan fingerprint density at radius 1 is 0.412 bits per heavy atom. The number of fused-ring (bicyclic) bond motifs is 2. The van der Waals surface area contributed by atoms with Crippen LogP contribution in [0, 0.1) is 0 Å². The number of benzene rings is 5. The molecule has 0 saturated heterocycles. The third-order valence-corrected chi connectivity index (χ3v) is 8.84.